The van der Waals surface area contributed by atoms with Crippen molar-refractivity contribution in [2.45, 2.75) is 64.0 Å². The fourth-order valence-electron chi connectivity index (χ4n) is 3.32. The fraction of sp³-hybridized carbons (Fsp3) is 0.733. The van der Waals surface area contributed by atoms with Gasteiger partial charge in [0.05, 0.1) is 11.5 Å². The van der Waals surface area contributed by atoms with Crippen molar-refractivity contribution >= 4 is 21.4 Å². The van der Waals surface area contributed by atoms with Crippen molar-refractivity contribution in [3.63, 3.8) is 0 Å². The zero-order valence-electron chi connectivity index (χ0n) is 12.9. The van der Waals surface area contributed by atoms with Gasteiger partial charge in [-0.1, -0.05) is 26.7 Å². The molecular weight excluding hydrogens is 306 g/mol. The second-order valence-electron chi connectivity index (χ2n) is 6.25. The van der Waals surface area contributed by atoms with Gasteiger partial charge in [0, 0.05) is 6.04 Å². The number of aryl methyl sites for hydroxylation is 1. The van der Waals surface area contributed by atoms with E-state index in [4.69, 9.17) is 0 Å². The topological polar surface area (TPSA) is 66.4 Å². The molecule has 2 unspecified atom stereocenters. The summed E-state index contributed by atoms with van der Waals surface area (Å²) < 4.78 is 28.3. The highest BCUT2D eigenvalue weighted by Gasteiger charge is 2.33. The molecule has 4 nitrogen and oxygen atoms in total. The Balaban J connectivity index is 2.26. The smallest absolute Gasteiger partial charge is 0.242 e. The van der Waals surface area contributed by atoms with Gasteiger partial charge >= 0.3 is 0 Å². The molecular formula is C15H25NO3S2. The standard InChI is InChI=1S/C15H25NO3S2/c1-10(2)12-6-4-5-7-13(12)16-21(18,19)15-11(3)9-20-14(15)8-17/h9-10,12-13,16-17H,4-8H2,1-3H3. The summed E-state index contributed by atoms with van der Waals surface area (Å²) in [6.07, 6.45) is 4.24. The van der Waals surface area contributed by atoms with Crippen molar-refractivity contribution in [1.82, 2.24) is 4.72 Å². The molecule has 2 atom stereocenters. The van der Waals surface area contributed by atoms with Crippen molar-refractivity contribution in [2.24, 2.45) is 11.8 Å². The third kappa shape index (κ3) is 3.67. The van der Waals surface area contributed by atoms with Crippen LogP contribution in [-0.4, -0.2) is 19.6 Å². The van der Waals surface area contributed by atoms with Crippen LogP contribution in [0.3, 0.4) is 0 Å². The molecule has 0 aromatic carbocycles. The highest BCUT2D eigenvalue weighted by atomic mass is 32.2. The molecule has 6 heteroatoms. The lowest BCUT2D eigenvalue weighted by atomic mass is 9.78. The van der Waals surface area contributed by atoms with Gasteiger partial charge < -0.3 is 5.11 Å². The predicted molar refractivity (Wildman–Crippen MR) is 85.9 cm³/mol. The summed E-state index contributed by atoms with van der Waals surface area (Å²) in [5.41, 5.74) is 0.716. The Hall–Kier alpha value is -0.430. The van der Waals surface area contributed by atoms with Crippen molar-refractivity contribution in [2.75, 3.05) is 0 Å². The first-order valence-electron chi connectivity index (χ1n) is 7.57. The normalized spacial score (nSPS) is 23.7. The zero-order valence-corrected chi connectivity index (χ0v) is 14.6. The van der Waals surface area contributed by atoms with Gasteiger partial charge in [0.25, 0.3) is 0 Å². The molecule has 1 aromatic rings. The minimum absolute atomic E-state index is 0.00888. The van der Waals surface area contributed by atoms with Crippen LogP contribution in [0, 0.1) is 18.8 Å². The highest BCUT2D eigenvalue weighted by Crippen LogP contribution is 2.33. The molecule has 2 rings (SSSR count). The van der Waals surface area contributed by atoms with E-state index in [0.717, 1.165) is 19.3 Å². The van der Waals surface area contributed by atoms with Crippen LogP contribution in [-0.2, 0) is 16.6 Å². The molecule has 1 aliphatic rings. The van der Waals surface area contributed by atoms with Gasteiger partial charge in [0.1, 0.15) is 4.90 Å². The summed E-state index contributed by atoms with van der Waals surface area (Å²) in [6, 6.07) is 0.00888. The van der Waals surface area contributed by atoms with Crippen LogP contribution in [0.4, 0.5) is 0 Å². The number of nitrogens with one attached hydrogen (secondary N) is 1. The molecule has 0 saturated heterocycles. The van der Waals surface area contributed by atoms with Crippen LogP contribution in [0.2, 0.25) is 0 Å². The Morgan fingerprint density at radius 2 is 2.05 bits per heavy atom. The SMILES string of the molecule is Cc1csc(CO)c1S(=O)(=O)NC1CCCCC1C(C)C. The maximum Gasteiger partial charge on any atom is 0.242 e. The van der Waals surface area contributed by atoms with E-state index < -0.39 is 10.0 Å². The molecule has 1 aromatic heterocycles. The second kappa shape index (κ2) is 6.77. The van der Waals surface area contributed by atoms with Gasteiger partial charge in [-0.15, -0.1) is 11.3 Å². The average Bonchev–Trinajstić information content (AvgIpc) is 2.80. The van der Waals surface area contributed by atoms with E-state index >= 15 is 0 Å². The lowest BCUT2D eigenvalue weighted by molar-refractivity contribution is 0.226. The molecule has 0 amide bonds. The number of aliphatic hydroxyl groups excluding tert-OH is 1. The molecule has 21 heavy (non-hydrogen) atoms. The van der Waals surface area contributed by atoms with E-state index in [2.05, 4.69) is 18.6 Å². The van der Waals surface area contributed by atoms with Crippen molar-refractivity contribution in [3.8, 4) is 0 Å². The minimum Gasteiger partial charge on any atom is -0.391 e. The van der Waals surface area contributed by atoms with Crippen molar-refractivity contribution in [1.29, 1.82) is 0 Å². The first-order chi connectivity index (χ1) is 9.86. The molecule has 0 spiro atoms. The Morgan fingerprint density at radius 1 is 1.38 bits per heavy atom. The van der Waals surface area contributed by atoms with Crippen LogP contribution in [0.25, 0.3) is 0 Å². The van der Waals surface area contributed by atoms with Crippen LogP contribution in [0.1, 0.15) is 50.0 Å². The molecule has 1 saturated carbocycles. The highest BCUT2D eigenvalue weighted by molar-refractivity contribution is 7.89. The maximum atomic E-state index is 12.7. The predicted octanol–water partition coefficient (Wildman–Crippen LogP) is 3.04. The second-order valence-corrected chi connectivity index (χ2v) is 8.86. The van der Waals surface area contributed by atoms with Gasteiger partial charge in [-0.3, -0.25) is 0 Å². The minimum atomic E-state index is -3.56. The Morgan fingerprint density at radius 3 is 2.67 bits per heavy atom. The van der Waals surface area contributed by atoms with Gasteiger partial charge in [-0.05, 0) is 42.5 Å². The van der Waals surface area contributed by atoms with E-state index in [-0.39, 0.29) is 17.5 Å². The fourth-order valence-corrected chi connectivity index (χ4v) is 6.30. The molecule has 0 aliphatic heterocycles. The number of sulfonamides is 1. The van der Waals surface area contributed by atoms with Gasteiger partial charge in [-0.25, -0.2) is 13.1 Å². The number of hydrogen-bond donors (Lipinski definition) is 2. The van der Waals surface area contributed by atoms with E-state index in [1.165, 1.54) is 17.8 Å². The monoisotopic (exact) mass is 331 g/mol. The van der Waals surface area contributed by atoms with Gasteiger partial charge in [-0.2, -0.15) is 0 Å². The summed E-state index contributed by atoms with van der Waals surface area (Å²) in [5.74, 6) is 0.865. The first kappa shape index (κ1) is 16.9. The molecule has 0 radical (unpaired) electrons. The van der Waals surface area contributed by atoms with Crippen LogP contribution < -0.4 is 4.72 Å². The lowest BCUT2D eigenvalue weighted by Gasteiger charge is -2.34. The van der Waals surface area contributed by atoms with Crippen LogP contribution >= 0.6 is 11.3 Å². The maximum absolute atomic E-state index is 12.7. The van der Waals surface area contributed by atoms with E-state index in [0.29, 0.717) is 22.3 Å². The van der Waals surface area contributed by atoms with Gasteiger partial charge in [0.2, 0.25) is 10.0 Å². The molecule has 2 N–H and O–H groups in total. The van der Waals surface area contributed by atoms with E-state index in [9.17, 15) is 13.5 Å². The Labute approximate surface area is 131 Å². The lowest BCUT2D eigenvalue weighted by Crippen LogP contribution is -2.44. The molecule has 1 aliphatic carbocycles. The molecule has 1 heterocycles. The summed E-state index contributed by atoms with van der Waals surface area (Å²) in [5, 5.41) is 11.2. The molecule has 1 fully saturated rings. The van der Waals surface area contributed by atoms with Crippen LogP contribution in [0.5, 0.6) is 0 Å². The largest absolute Gasteiger partial charge is 0.391 e. The molecule has 0 bridgehead atoms. The Bertz CT molecular complexity index is 578. The average molecular weight is 332 g/mol. The number of aliphatic hydroxyl groups is 1. The van der Waals surface area contributed by atoms with E-state index in [1.54, 1.807) is 12.3 Å². The van der Waals surface area contributed by atoms with Crippen LogP contribution in [0.15, 0.2) is 10.3 Å². The summed E-state index contributed by atoms with van der Waals surface area (Å²) in [7, 11) is -3.56. The quantitative estimate of drug-likeness (QED) is 0.871. The summed E-state index contributed by atoms with van der Waals surface area (Å²) in [4.78, 5) is 0.806. The van der Waals surface area contributed by atoms with Crippen molar-refractivity contribution < 1.29 is 13.5 Å². The van der Waals surface area contributed by atoms with Gasteiger partial charge in [0.15, 0.2) is 0 Å². The zero-order chi connectivity index (χ0) is 15.6. The third-order valence-electron chi connectivity index (χ3n) is 4.38. The number of thiophene rings is 1. The third-order valence-corrected chi connectivity index (χ3v) is 7.32. The molecule has 120 valence electrons. The number of hydrogen-bond acceptors (Lipinski definition) is 4. The first-order valence-corrected chi connectivity index (χ1v) is 9.93. The van der Waals surface area contributed by atoms with Crippen molar-refractivity contribution in [3.05, 3.63) is 15.8 Å². The van der Waals surface area contributed by atoms with E-state index in [1.807, 2.05) is 0 Å². The Kier molecular flexibility index (Phi) is 5.46. The summed E-state index contributed by atoms with van der Waals surface area (Å²) >= 11 is 1.30. The number of rotatable bonds is 5. The summed E-state index contributed by atoms with van der Waals surface area (Å²) in [6.45, 7) is 5.87.